The normalized spacial score (nSPS) is 19.1. The number of ether oxygens (including phenoxy) is 2. The second-order valence-corrected chi connectivity index (χ2v) is 6.38. The van der Waals surface area contributed by atoms with Crippen LogP contribution in [0.1, 0.15) is 20.3 Å². The predicted molar refractivity (Wildman–Crippen MR) is 87.0 cm³/mol. The average molecular weight is 314 g/mol. The van der Waals surface area contributed by atoms with Crippen molar-refractivity contribution in [3.05, 3.63) is 0 Å². The van der Waals surface area contributed by atoms with E-state index in [4.69, 9.17) is 9.47 Å². The van der Waals surface area contributed by atoms with Crippen molar-refractivity contribution in [3.63, 3.8) is 0 Å². The van der Waals surface area contributed by atoms with Gasteiger partial charge in [-0.15, -0.1) is 0 Å². The molecule has 1 fully saturated rings. The molecule has 1 amide bonds. The fourth-order valence-electron chi connectivity index (χ4n) is 1.82. The average Bonchev–Trinajstić information content (AvgIpc) is 2.99. The van der Waals surface area contributed by atoms with Crippen LogP contribution in [0, 0.1) is 5.92 Å². The van der Waals surface area contributed by atoms with E-state index >= 15 is 0 Å². The van der Waals surface area contributed by atoms with Crippen LogP contribution < -0.4 is 10.6 Å². The standard InChI is InChI=1S/C15H30N4O3/c1-15(2,21-5)11-18-14(17-9-13(20)19(3)4)16-8-12-6-7-22-10-12/h12H,6-11H2,1-5H3,(H2,16,17,18). The smallest absolute Gasteiger partial charge is 0.243 e. The van der Waals surface area contributed by atoms with E-state index in [1.54, 1.807) is 21.2 Å². The number of hydrogen-bond donors (Lipinski definition) is 2. The summed E-state index contributed by atoms with van der Waals surface area (Å²) in [6.07, 6.45) is 1.06. The van der Waals surface area contributed by atoms with Gasteiger partial charge in [-0.05, 0) is 20.3 Å². The van der Waals surface area contributed by atoms with Gasteiger partial charge in [0.25, 0.3) is 0 Å². The molecule has 0 radical (unpaired) electrons. The lowest BCUT2D eigenvalue weighted by atomic mass is 10.1. The molecule has 0 aromatic heterocycles. The van der Waals surface area contributed by atoms with E-state index in [1.807, 2.05) is 13.8 Å². The Hall–Kier alpha value is -1.34. The molecule has 0 spiro atoms. The van der Waals surface area contributed by atoms with Gasteiger partial charge in [0, 0.05) is 46.8 Å². The highest BCUT2D eigenvalue weighted by atomic mass is 16.5. The summed E-state index contributed by atoms with van der Waals surface area (Å²) in [5, 5.41) is 6.52. The highest BCUT2D eigenvalue weighted by molar-refractivity contribution is 5.84. The number of hydrogen-bond acceptors (Lipinski definition) is 4. The number of guanidine groups is 1. The molecule has 0 bridgehead atoms. The van der Waals surface area contributed by atoms with Gasteiger partial charge in [-0.3, -0.25) is 4.79 Å². The first kappa shape index (κ1) is 18.7. The number of aliphatic imine (C=N–C) groups is 1. The molecule has 1 unspecified atom stereocenters. The molecular formula is C15H30N4O3. The van der Waals surface area contributed by atoms with E-state index in [0.717, 1.165) is 26.2 Å². The number of rotatable bonds is 7. The van der Waals surface area contributed by atoms with Crippen LogP contribution in [0.2, 0.25) is 0 Å². The minimum atomic E-state index is -0.301. The first-order valence-electron chi connectivity index (χ1n) is 7.69. The highest BCUT2D eigenvalue weighted by Gasteiger charge is 2.19. The van der Waals surface area contributed by atoms with Crippen molar-refractivity contribution in [2.45, 2.75) is 25.9 Å². The van der Waals surface area contributed by atoms with Crippen LogP contribution >= 0.6 is 0 Å². The first-order valence-corrected chi connectivity index (χ1v) is 7.69. The summed E-state index contributed by atoms with van der Waals surface area (Å²) in [5.41, 5.74) is -0.301. The van der Waals surface area contributed by atoms with Crippen molar-refractivity contribution in [2.75, 3.05) is 54.1 Å². The van der Waals surface area contributed by atoms with Gasteiger partial charge >= 0.3 is 0 Å². The van der Waals surface area contributed by atoms with Crippen molar-refractivity contribution in [2.24, 2.45) is 10.9 Å². The molecule has 0 saturated carbocycles. The molecule has 0 aromatic carbocycles. The number of likely N-dealkylation sites (N-methyl/N-ethyl adjacent to an activating group) is 1. The fraction of sp³-hybridized carbons (Fsp3) is 0.867. The second-order valence-electron chi connectivity index (χ2n) is 6.38. The van der Waals surface area contributed by atoms with Crippen LogP contribution in [-0.4, -0.2) is 76.4 Å². The molecule has 0 aromatic rings. The molecule has 7 heteroatoms. The third kappa shape index (κ3) is 7.09. The van der Waals surface area contributed by atoms with E-state index in [9.17, 15) is 4.79 Å². The Kier molecular flexibility index (Phi) is 7.61. The highest BCUT2D eigenvalue weighted by Crippen LogP contribution is 2.10. The van der Waals surface area contributed by atoms with E-state index in [-0.39, 0.29) is 18.1 Å². The minimum Gasteiger partial charge on any atom is -0.381 e. The summed E-state index contributed by atoms with van der Waals surface area (Å²) in [4.78, 5) is 17.6. The van der Waals surface area contributed by atoms with Crippen LogP contribution in [0.5, 0.6) is 0 Å². The summed E-state index contributed by atoms with van der Waals surface area (Å²) < 4.78 is 10.8. The lowest BCUT2D eigenvalue weighted by molar-refractivity contribution is -0.127. The number of carbonyl (C=O) groups is 1. The summed E-state index contributed by atoms with van der Waals surface area (Å²) >= 11 is 0. The topological polar surface area (TPSA) is 75.2 Å². The Labute approximate surface area is 133 Å². The lowest BCUT2D eigenvalue weighted by Gasteiger charge is -2.25. The maximum absolute atomic E-state index is 11.7. The Morgan fingerprint density at radius 2 is 2.14 bits per heavy atom. The number of methoxy groups -OCH3 is 1. The molecular weight excluding hydrogens is 284 g/mol. The number of nitrogens with one attached hydrogen (secondary N) is 2. The lowest BCUT2D eigenvalue weighted by Crippen LogP contribution is -2.46. The van der Waals surface area contributed by atoms with E-state index in [2.05, 4.69) is 15.6 Å². The van der Waals surface area contributed by atoms with Crippen LogP contribution in [0.4, 0.5) is 0 Å². The number of carbonyl (C=O) groups excluding carboxylic acids is 1. The van der Waals surface area contributed by atoms with Crippen LogP contribution in [0.3, 0.4) is 0 Å². The molecule has 0 aliphatic carbocycles. The van der Waals surface area contributed by atoms with Gasteiger partial charge in [-0.2, -0.15) is 0 Å². The number of nitrogens with zero attached hydrogens (tertiary/aromatic N) is 2. The van der Waals surface area contributed by atoms with Crippen molar-refractivity contribution in [3.8, 4) is 0 Å². The maximum atomic E-state index is 11.7. The van der Waals surface area contributed by atoms with E-state index in [1.165, 1.54) is 4.90 Å². The molecule has 1 rings (SSSR count). The quantitative estimate of drug-likeness (QED) is 0.514. The second kappa shape index (κ2) is 8.95. The molecule has 1 heterocycles. The van der Waals surface area contributed by atoms with Gasteiger partial charge in [-0.25, -0.2) is 4.99 Å². The predicted octanol–water partition coefficient (Wildman–Crippen LogP) is 0.0713. The molecule has 22 heavy (non-hydrogen) atoms. The van der Waals surface area contributed by atoms with Gasteiger partial charge in [0.15, 0.2) is 5.96 Å². The monoisotopic (exact) mass is 314 g/mol. The largest absolute Gasteiger partial charge is 0.381 e. The molecule has 1 aliphatic rings. The molecule has 1 atom stereocenters. The summed E-state index contributed by atoms with van der Waals surface area (Å²) in [7, 11) is 5.13. The van der Waals surface area contributed by atoms with Gasteiger partial charge in [0.2, 0.25) is 5.91 Å². The minimum absolute atomic E-state index is 0.0312. The molecule has 7 nitrogen and oxygen atoms in total. The van der Waals surface area contributed by atoms with Crippen molar-refractivity contribution >= 4 is 11.9 Å². The van der Waals surface area contributed by atoms with Crippen molar-refractivity contribution in [1.29, 1.82) is 0 Å². The van der Waals surface area contributed by atoms with Gasteiger partial charge in [0.05, 0.1) is 12.2 Å². The molecule has 2 N–H and O–H groups in total. The van der Waals surface area contributed by atoms with Crippen LogP contribution in [0.25, 0.3) is 0 Å². The Bertz CT molecular complexity index is 377. The van der Waals surface area contributed by atoms with Crippen LogP contribution in [-0.2, 0) is 14.3 Å². The van der Waals surface area contributed by atoms with Crippen molar-refractivity contribution in [1.82, 2.24) is 15.5 Å². The first-order chi connectivity index (χ1) is 10.3. The Morgan fingerprint density at radius 1 is 1.41 bits per heavy atom. The van der Waals surface area contributed by atoms with Crippen LogP contribution in [0.15, 0.2) is 4.99 Å². The summed E-state index contributed by atoms with van der Waals surface area (Å²) in [6, 6.07) is 0. The van der Waals surface area contributed by atoms with Gasteiger partial charge < -0.3 is 25.0 Å². The summed E-state index contributed by atoms with van der Waals surface area (Å²) in [5.74, 6) is 1.09. The van der Waals surface area contributed by atoms with E-state index in [0.29, 0.717) is 18.4 Å². The van der Waals surface area contributed by atoms with Gasteiger partial charge in [0.1, 0.15) is 6.54 Å². The number of amides is 1. The zero-order valence-corrected chi connectivity index (χ0v) is 14.4. The van der Waals surface area contributed by atoms with Crippen molar-refractivity contribution < 1.29 is 14.3 Å². The third-order valence-corrected chi connectivity index (χ3v) is 3.69. The third-order valence-electron chi connectivity index (χ3n) is 3.69. The molecule has 1 saturated heterocycles. The van der Waals surface area contributed by atoms with Gasteiger partial charge in [-0.1, -0.05) is 0 Å². The summed E-state index contributed by atoms with van der Waals surface area (Å²) in [6.45, 7) is 7.10. The Morgan fingerprint density at radius 3 is 2.68 bits per heavy atom. The zero-order valence-electron chi connectivity index (χ0n) is 14.4. The van der Waals surface area contributed by atoms with E-state index < -0.39 is 0 Å². The molecule has 1 aliphatic heterocycles. The fourth-order valence-corrected chi connectivity index (χ4v) is 1.82. The Balaban J connectivity index is 2.54. The molecule has 128 valence electrons. The SMILES string of the molecule is COC(C)(C)CNC(=NCC(=O)N(C)C)NCC1CCOC1. The maximum Gasteiger partial charge on any atom is 0.243 e. The zero-order chi connectivity index (χ0) is 16.6.